The van der Waals surface area contributed by atoms with Crippen molar-refractivity contribution in [1.82, 2.24) is 0 Å². The van der Waals surface area contributed by atoms with Gasteiger partial charge in [0.15, 0.2) is 0 Å². The summed E-state index contributed by atoms with van der Waals surface area (Å²) in [4.78, 5) is 11.0. The van der Waals surface area contributed by atoms with Crippen molar-refractivity contribution in [2.24, 2.45) is 0 Å². The largest absolute Gasteiger partial charge is 0.478 e. The normalized spacial score (nSPS) is 12.2. The Hall–Kier alpha value is -1.31. The highest BCUT2D eigenvalue weighted by atomic mass is 16.4. The Morgan fingerprint density at radius 3 is 1.72 bits per heavy atom. The van der Waals surface area contributed by atoms with Crippen LogP contribution in [-0.4, -0.2) is 11.1 Å². The molecular formula is C23H38O2. The molecule has 0 aromatic heterocycles. The van der Waals surface area contributed by atoms with Crippen LogP contribution in [0.2, 0.25) is 0 Å². The number of carbonyl (C=O) groups is 1. The Morgan fingerprint density at radius 1 is 0.760 bits per heavy atom. The van der Waals surface area contributed by atoms with E-state index in [-0.39, 0.29) is 0 Å². The summed E-state index contributed by atoms with van der Waals surface area (Å²) in [6.45, 7) is 4.51. The second-order valence-corrected chi connectivity index (χ2v) is 7.38. The third-order valence-electron chi connectivity index (χ3n) is 5.19. The fraction of sp³-hybridized carbons (Fsp3) is 0.696. The molecule has 1 aromatic rings. The summed E-state index contributed by atoms with van der Waals surface area (Å²) in [5.41, 5.74) is 1.71. The number of carboxylic acid groups (broad SMARTS) is 1. The van der Waals surface area contributed by atoms with E-state index < -0.39 is 5.97 Å². The Morgan fingerprint density at radius 2 is 1.20 bits per heavy atom. The number of hydrogen-bond acceptors (Lipinski definition) is 1. The van der Waals surface area contributed by atoms with Crippen LogP contribution in [0.5, 0.6) is 0 Å². The summed E-state index contributed by atoms with van der Waals surface area (Å²) < 4.78 is 0. The Bertz CT molecular complexity index is 450. The van der Waals surface area contributed by atoms with Gasteiger partial charge in [-0.05, 0) is 36.5 Å². The van der Waals surface area contributed by atoms with Gasteiger partial charge in [0.1, 0.15) is 0 Å². The van der Waals surface area contributed by atoms with E-state index in [9.17, 15) is 4.79 Å². The van der Waals surface area contributed by atoms with E-state index in [1.165, 1.54) is 89.0 Å². The number of rotatable bonds is 15. The zero-order chi connectivity index (χ0) is 18.3. The van der Waals surface area contributed by atoms with Crippen molar-refractivity contribution in [2.75, 3.05) is 0 Å². The van der Waals surface area contributed by atoms with Crippen LogP contribution in [0.15, 0.2) is 24.3 Å². The van der Waals surface area contributed by atoms with Crippen molar-refractivity contribution >= 4 is 5.97 Å². The first-order valence-corrected chi connectivity index (χ1v) is 10.5. The van der Waals surface area contributed by atoms with Gasteiger partial charge in [-0.25, -0.2) is 4.79 Å². The Balaban J connectivity index is 2.40. The Labute approximate surface area is 155 Å². The van der Waals surface area contributed by atoms with Crippen LogP contribution in [0.1, 0.15) is 119 Å². The van der Waals surface area contributed by atoms with E-state index in [1.54, 1.807) is 12.1 Å². The number of hydrogen-bond donors (Lipinski definition) is 1. The molecule has 1 N–H and O–H groups in total. The minimum absolute atomic E-state index is 0.392. The highest BCUT2D eigenvalue weighted by Gasteiger charge is 2.12. The standard InChI is InChI=1S/C23H38O2/c1-3-5-7-8-9-10-11-13-15-20(14-12-6-4-2)21-16-18-22(19-17-21)23(24)25/h16-20H,3-15H2,1-2H3,(H,24,25). The van der Waals surface area contributed by atoms with E-state index in [1.807, 2.05) is 12.1 Å². The molecule has 2 heteroatoms. The average molecular weight is 347 g/mol. The van der Waals surface area contributed by atoms with Gasteiger partial charge in [-0.15, -0.1) is 0 Å². The van der Waals surface area contributed by atoms with E-state index in [4.69, 9.17) is 5.11 Å². The van der Waals surface area contributed by atoms with Gasteiger partial charge < -0.3 is 5.11 Å². The van der Waals surface area contributed by atoms with E-state index >= 15 is 0 Å². The molecule has 142 valence electrons. The van der Waals surface area contributed by atoms with Gasteiger partial charge >= 0.3 is 5.97 Å². The Kier molecular flexibility index (Phi) is 12.1. The highest BCUT2D eigenvalue weighted by Crippen LogP contribution is 2.29. The molecule has 1 aromatic carbocycles. The van der Waals surface area contributed by atoms with Crippen molar-refractivity contribution in [2.45, 2.75) is 103 Å². The van der Waals surface area contributed by atoms with Crippen LogP contribution in [0.25, 0.3) is 0 Å². The maximum Gasteiger partial charge on any atom is 0.335 e. The van der Waals surface area contributed by atoms with Crippen LogP contribution in [0.3, 0.4) is 0 Å². The first-order chi connectivity index (χ1) is 12.2. The molecule has 25 heavy (non-hydrogen) atoms. The van der Waals surface area contributed by atoms with Crippen LogP contribution in [-0.2, 0) is 0 Å². The second-order valence-electron chi connectivity index (χ2n) is 7.38. The lowest BCUT2D eigenvalue weighted by molar-refractivity contribution is 0.0697. The third-order valence-corrected chi connectivity index (χ3v) is 5.19. The highest BCUT2D eigenvalue weighted by molar-refractivity contribution is 5.87. The van der Waals surface area contributed by atoms with Crippen molar-refractivity contribution in [3.8, 4) is 0 Å². The first-order valence-electron chi connectivity index (χ1n) is 10.5. The van der Waals surface area contributed by atoms with Gasteiger partial charge in [-0.2, -0.15) is 0 Å². The SMILES string of the molecule is CCCCCCCCCCC(CCCCC)c1ccc(C(=O)O)cc1. The molecule has 0 bridgehead atoms. The molecule has 0 aliphatic heterocycles. The molecule has 0 saturated carbocycles. The lowest BCUT2D eigenvalue weighted by Gasteiger charge is -2.18. The monoisotopic (exact) mass is 346 g/mol. The molecule has 0 heterocycles. The zero-order valence-electron chi connectivity index (χ0n) is 16.4. The predicted octanol–water partition coefficient (Wildman–Crippen LogP) is 7.58. The summed E-state index contributed by atoms with van der Waals surface area (Å²) in [5.74, 6) is -0.244. The molecule has 0 saturated heterocycles. The minimum atomic E-state index is -0.836. The fourth-order valence-corrected chi connectivity index (χ4v) is 3.54. The van der Waals surface area contributed by atoms with E-state index in [2.05, 4.69) is 13.8 Å². The molecular weight excluding hydrogens is 308 g/mol. The lowest BCUT2D eigenvalue weighted by Crippen LogP contribution is -2.02. The third kappa shape index (κ3) is 9.67. The van der Waals surface area contributed by atoms with Gasteiger partial charge in [-0.3, -0.25) is 0 Å². The molecule has 2 nitrogen and oxygen atoms in total. The molecule has 0 amide bonds. The van der Waals surface area contributed by atoms with Crippen LogP contribution in [0.4, 0.5) is 0 Å². The number of unbranched alkanes of at least 4 members (excludes halogenated alkanes) is 9. The topological polar surface area (TPSA) is 37.3 Å². The first kappa shape index (κ1) is 21.7. The summed E-state index contributed by atoms with van der Waals surface area (Å²) in [5, 5.41) is 9.07. The minimum Gasteiger partial charge on any atom is -0.478 e. The number of aromatic carboxylic acids is 1. The molecule has 1 rings (SSSR count). The quantitative estimate of drug-likeness (QED) is 0.332. The summed E-state index contributed by atoms with van der Waals surface area (Å²) in [7, 11) is 0. The van der Waals surface area contributed by atoms with Gasteiger partial charge in [0.2, 0.25) is 0 Å². The smallest absolute Gasteiger partial charge is 0.335 e. The zero-order valence-corrected chi connectivity index (χ0v) is 16.4. The lowest BCUT2D eigenvalue weighted by atomic mass is 9.88. The molecule has 0 radical (unpaired) electrons. The predicted molar refractivity (Wildman–Crippen MR) is 108 cm³/mol. The molecule has 1 atom stereocenters. The maximum absolute atomic E-state index is 11.0. The van der Waals surface area contributed by atoms with Crippen LogP contribution < -0.4 is 0 Å². The summed E-state index contributed by atoms with van der Waals surface area (Å²) in [6, 6.07) is 7.59. The number of benzene rings is 1. The van der Waals surface area contributed by atoms with E-state index in [0.29, 0.717) is 11.5 Å². The second kappa shape index (κ2) is 13.9. The van der Waals surface area contributed by atoms with Gasteiger partial charge in [0, 0.05) is 0 Å². The van der Waals surface area contributed by atoms with Gasteiger partial charge in [0.25, 0.3) is 0 Å². The summed E-state index contributed by atoms with van der Waals surface area (Å²) >= 11 is 0. The van der Waals surface area contributed by atoms with Crippen molar-refractivity contribution in [1.29, 1.82) is 0 Å². The van der Waals surface area contributed by atoms with Crippen LogP contribution in [0, 0.1) is 0 Å². The van der Waals surface area contributed by atoms with Crippen molar-refractivity contribution in [3.63, 3.8) is 0 Å². The average Bonchev–Trinajstić information content (AvgIpc) is 2.62. The maximum atomic E-state index is 11.0. The van der Waals surface area contributed by atoms with Crippen LogP contribution >= 0.6 is 0 Å². The molecule has 0 aliphatic rings. The molecule has 0 spiro atoms. The van der Waals surface area contributed by atoms with Crippen molar-refractivity contribution < 1.29 is 9.90 Å². The molecule has 1 unspecified atom stereocenters. The summed E-state index contributed by atoms with van der Waals surface area (Å²) in [6.07, 6.45) is 17.2. The molecule has 0 fully saturated rings. The van der Waals surface area contributed by atoms with Gasteiger partial charge in [0.05, 0.1) is 5.56 Å². The van der Waals surface area contributed by atoms with Gasteiger partial charge in [-0.1, -0.05) is 96.6 Å². The van der Waals surface area contributed by atoms with Crippen molar-refractivity contribution in [3.05, 3.63) is 35.4 Å². The van der Waals surface area contributed by atoms with E-state index in [0.717, 1.165) is 0 Å². The fourth-order valence-electron chi connectivity index (χ4n) is 3.54. The molecule has 0 aliphatic carbocycles. The number of carboxylic acids is 1.